The van der Waals surface area contributed by atoms with Crippen LogP contribution in [0.4, 0.5) is 8.78 Å². The van der Waals surface area contributed by atoms with Gasteiger partial charge in [0.15, 0.2) is 11.6 Å². The average Bonchev–Trinajstić information content (AvgIpc) is 2.92. The van der Waals surface area contributed by atoms with Gasteiger partial charge in [-0.2, -0.15) is 0 Å². The van der Waals surface area contributed by atoms with Crippen LogP contribution in [0, 0.1) is 11.6 Å². The summed E-state index contributed by atoms with van der Waals surface area (Å²) in [6.07, 6.45) is 0. The molecule has 0 bridgehead atoms. The summed E-state index contributed by atoms with van der Waals surface area (Å²) in [6, 6.07) is 11.1. The van der Waals surface area contributed by atoms with E-state index in [1.807, 2.05) is 17.5 Å². The molecule has 1 heterocycles. The highest BCUT2D eigenvalue weighted by Gasteiger charge is 2.09. The maximum Gasteiger partial charge on any atom is 0.159 e. The molecule has 0 saturated carbocycles. The first-order valence-corrected chi connectivity index (χ1v) is 7.06. The van der Waals surface area contributed by atoms with Crippen LogP contribution >= 0.6 is 22.9 Å². The molecule has 0 N–H and O–H groups in total. The zero-order valence-corrected chi connectivity index (χ0v) is 11.7. The Morgan fingerprint density at radius 3 is 2.30 bits per heavy atom. The van der Waals surface area contributed by atoms with Crippen LogP contribution in [0.1, 0.15) is 0 Å². The van der Waals surface area contributed by atoms with Gasteiger partial charge in [-0.15, -0.1) is 11.3 Å². The first-order valence-electron chi connectivity index (χ1n) is 5.80. The van der Waals surface area contributed by atoms with Crippen LogP contribution < -0.4 is 0 Å². The Hall–Kier alpha value is -1.78. The summed E-state index contributed by atoms with van der Waals surface area (Å²) >= 11 is 7.28. The van der Waals surface area contributed by atoms with Gasteiger partial charge in [0.05, 0.1) is 5.69 Å². The minimum atomic E-state index is -0.872. The van der Waals surface area contributed by atoms with E-state index in [4.69, 9.17) is 11.6 Å². The second-order valence-electron chi connectivity index (χ2n) is 4.17. The normalized spacial score (nSPS) is 10.8. The molecule has 0 amide bonds. The molecule has 0 atom stereocenters. The number of nitrogens with zero attached hydrogens (tertiary/aromatic N) is 1. The third-order valence-corrected chi connectivity index (χ3v) is 3.95. The van der Waals surface area contributed by atoms with Crippen LogP contribution in [0.5, 0.6) is 0 Å². The predicted molar refractivity (Wildman–Crippen MR) is 77.9 cm³/mol. The van der Waals surface area contributed by atoms with E-state index in [2.05, 4.69) is 4.98 Å². The third kappa shape index (κ3) is 2.57. The maximum absolute atomic E-state index is 13.2. The van der Waals surface area contributed by atoms with Crippen LogP contribution in [0.2, 0.25) is 5.02 Å². The summed E-state index contributed by atoms with van der Waals surface area (Å²) in [7, 11) is 0. The molecular formula is C15H8ClF2NS. The van der Waals surface area contributed by atoms with Crippen molar-refractivity contribution in [1.29, 1.82) is 0 Å². The monoisotopic (exact) mass is 307 g/mol. The lowest BCUT2D eigenvalue weighted by Gasteiger charge is -1.98. The number of thiazole rings is 1. The lowest BCUT2D eigenvalue weighted by Crippen LogP contribution is -1.85. The standard InChI is InChI=1S/C15H8ClF2NS/c16-11-4-1-9(2-5-11)15-19-14(8-20-15)10-3-6-12(17)13(18)7-10/h1-8H. The van der Waals surface area contributed by atoms with Gasteiger partial charge >= 0.3 is 0 Å². The number of aromatic nitrogens is 1. The molecule has 5 heteroatoms. The number of hydrogen-bond acceptors (Lipinski definition) is 2. The van der Waals surface area contributed by atoms with E-state index < -0.39 is 11.6 Å². The van der Waals surface area contributed by atoms with Crippen LogP contribution in [0.15, 0.2) is 47.8 Å². The van der Waals surface area contributed by atoms with Gasteiger partial charge in [-0.25, -0.2) is 13.8 Å². The molecule has 0 aliphatic heterocycles. The summed E-state index contributed by atoms with van der Waals surface area (Å²) in [5.74, 6) is -1.73. The highest BCUT2D eigenvalue weighted by molar-refractivity contribution is 7.13. The Morgan fingerprint density at radius 1 is 0.900 bits per heavy atom. The number of hydrogen-bond donors (Lipinski definition) is 0. The number of benzene rings is 2. The lowest BCUT2D eigenvalue weighted by molar-refractivity contribution is 0.509. The van der Waals surface area contributed by atoms with Crippen molar-refractivity contribution in [1.82, 2.24) is 4.98 Å². The Morgan fingerprint density at radius 2 is 1.60 bits per heavy atom. The molecule has 0 aliphatic rings. The van der Waals surface area contributed by atoms with E-state index in [9.17, 15) is 8.78 Å². The molecular weight excluding hydrogens is 300 g/mol. The average molecular weight is 308 g/mol. The minimum absolute atomic E-state index is 0.556. The molecule has 0 saturated heterocycles. The van der Waals surface area contributed by atoms with E-state index >= 15 is 0 Å². The second kappa shape index (κ2) is 5.31. The summed E-state index contributed by atoms with van der Waals surface area (Å²) < 4.78 is 26.1. The maximum atomic E-state index is 13.2. The van der Waals surface area contributed by atoms with Crippen molar-refractivity contribution in [3.05, 3.63) is 64.5 Å². The molecule has 0 fully saturated rings. The highest BCUT2D eigenvalue weighted by atomic mass is 35.5. The van der Waals surface area contributed by atoms with Gasteiger partial charge in [0, 0.05) is 21.5 Å². The van der Waals surface area contributed by atoms with Crippen LogP contribution in [-0.4, -0.2) is 4.98 Å². The van der Waals surface area contributed by atoms with Crippen molar-refractivity contribution in [3.63, 3.8) is 0 Å². The molecule has 3 rings (SSSR count). The van der Waals surface area contributed by atoms with Gasteiger partial charge in [0.2, 0.25) is 0 Å². The zero-order valence-electron chi connectivity index (χ0n) is 10.1. The van der Waals surface area contributed by atoms with Gasteiger partial charge in [0.1, 0.15) is 5.01 Å². The topological polar surface area (TPSA) is 12.9 Å². The SMILES string of the molecule is Fc1ccc(-c2csc(-c3ccc(Cl)cc3)n2)cc1F. The quantitative estimate of drug-likeness (QED) is 0.617. The molecule has 1 nitrogen and oxygen atoms in total. The largest absolute Gasteiger partial charge is 0.236 e. The summed E-state index contributed by atoms with van der Waals surface area (Å²) in [5.41, 5.74) is 2.12. The molecule has 100 valence electrons. The van der Waals surface area contributed by atoms with Gasteiger partial charge in [-0.1, -0.05) is 23.7 Å². The first kappa shape index (κ1) is 13.2. The molecule has 3 aromatic rings. The lowest BCUT2D eigenvalue weighted by atomic mass is 10.1. The molecule has 0 unspecified atom stereocenters. The number of rotatable bonds is 2. The molecule has 2 aromatic carbocycles. The van der Waals surface area contributed by atoms with Crippen LogP contribution in [0.3, 0.4) is 0 Å². The van der Waals surface area contributed by atoms with Gasteiger partial charge < -0.3 is 0 Å². The predicted octanol–water partition coefficient (Wildman–Crippen LogP) is 5.41. The van der Waals surface area contributed by atoms with E-state index in [0.29, 0.717) is 16.3 Å². The Bertz CT molecular complexity index is 753. The van der Waals surface area contributed by atoms with Crippen molar-refractivity contribution in [3.8, 4) is 21.8 Å². The van der Waals surface area contributed by atoms with Crippen molar-refractivity contribution in [2.24, 2.45) is 0 Å². The minimum Gasteiger partial charge on any atom is -0.236 e. The number of halogens is 3. The molecule has 0 spiro atoms. The molecule has 1 aromatic heterocycles. The van der Waals surface area contributed by atoms with Crippen molar-refractivity contribution >= 4 is 22.9 Å². The Labute approximate surface area is 123 Å². The van der Waals surface area contributed by atoms with E-state index in [1.165, 1.54) is 17.4 Å². The second-order valence-corrected chi connectivity index (χ2v) is 5.47. The summed E-state index contributed by atoms with van der Waals surface area (Å²) in [6.45, 7) is 0. The van der Waals surface area contributed by atoms with E-state index in [0.717, 1.165) is 22.7 Å². The summed E-state index contributed by atoms with van der Waals surface area (Å²) in [5, 5.41) is 3.28. The summed E-state index contributed by atoms with van der Waals surface area (Å²) in [4.78, 5) is 4.44. The van der Waals surface area contributed by atoms with Gasteiger partial charge in [-0.05, 0) is 30.3 Å². The van der Waals surface area contributed by atoms with Crippen molar-refractivity contribution in [2.75, 3.05) is 0 Å². The molecule has 0 radical (unpaired) electrons. The highest BCUT2D eigenvalue weighted by Crippen LogP contribution is 2.30. The Kier molecular flexibility index (Phi) is 3.51. The van der Waals surface area contributed by atoms with E-state index in [1.54, 1.807) is 12.1 Å². The fourth-order valence-corrected chi connectivity index (χ4v) is 2.75. The van der Waals surface area contributed by atoms with Crippen LogP contribution in [-0.2, 0) is 0 Å². The van der Waals surface area contributed by atoms with Crippen molar-refractivity contribution < 1.29 is 8.78 Å². The fourth-order valence-electron chi connectivity index (χ4n) is 1.79. The third-order valence-electron chi connectivity index (χ3n) is 2.81. The fraction of sp³-hybridized carbons (Fsp3) is 0. The molecule has 20 heavy (non-hydrogen) atoms. The van der Waals surface area contributed by atoms with Crippen LogP contribution in [0.25, 0.3) is 21.8 Å². The van der Waals surface area contributed by atoms with E-state index in [-0.39, 0.29) is 0 Å². The zero-order chi connectivity index (χ0) is 14.1. The molecule has 0 aliphatic carbocycles. The smallest absolute Gasteiger partial charge is 0.159 e. The first-order chi connectivity index (χ1) is 9.63. The van der Waals surface area contributed by atoms with Crippen molar-refractivity contribution in [2.45, 2.75) is 0 Å². The van der Waals surface area contributed by atoms with Gasteiger partial charge in [0.25, 0.3) is 0 Å². The van der Waals surface area contributed by atoms with Gasteiger partial charge in [-0.3, -0.25) is 0 Å². The Balaban J connectivity index is 1.97.